The van der Waals surface area contributed by atoms with Gasteiger partial charge in [0.15, 0.2) is 0 Å². The van der Waals surface area contributed by atoms with E-state index in [4.69, 9.17) is 5.73 Å². The molecule has 2 N–H and O–H groups in total. The zero-order valence-corrected chi connectivity index (χ0v) is 8.41. The molecule has 1 aliphatic rings. The minimum absolute atomic E-state index is 0.0471. The number of hydrogen-bond donors (Lipinski definition) is 1. The third-order valence-electron chi connectivity index (χ3n) is 2.47. The van der Waals surface area contributed by atoms with E-state index in [2.05, 4.69) is 9.97 Å². The van der Waals surface area contributed by atoms with Crippen LogP contribution in [0.1, 0.15) is 12.0 Å². The Morgan fingerprint density at radius 1 is 1.31 bits per heavy atom. The minimum Gasteiger partial charge on any atom is -0.339 e. The van der Waals surface area contributed by atoms with Gasteiger partial charge in [-0.3, -0.25) is 0 Å². The zero-order valence-electron chi connectivity index (χ0n) is 8.41. The first-order chi connectivity index (χ1) is 7.47. The second kappa shape index (κ2) is 3.89. The summed E-state index contributed by atoms with van der Waals surface area (Å²) in [5, 5.41) is 0. The average molecular weight is 232 g/mol. The van der Waals surface area contributed by atoms with Crippen LogP contribution in [0.25, 0.3) is 0 Å². The van der Waals surface area contributed by atoms with Crippen LogP contribution in [0.5, 0.6) is 0 Å². The van der Waals surface area contributed by atoms with Gasteiger partial charge >= 0.3 is 6.18 Å². The summed E-state index contributed by atoms with van der Waals surface area (Å²) in [7, 11) is 0. The van der Waals surface area contributed by atoms with Gasteiger partial charge in [-0.15, -0.1) is 0 Å². The van der Waals surface area contributed by atoms with Crippen molar-refractivity contribution in [3.05, 3.63) is 18.0 Å². The number of nitrogens with zero attached hydrogens (tertiary/aromatic N) is 3. The predicted octanol–water partition coefficient (Wildman–Crippen LogP) is 1.03. The quantitative estimate of drug-likeness (QED) is 0.785. The van der Waals surface area contributed by atoms with E-state index < -0.39 is 11.7 Å². The third-order valence-corrected chi connectivity index (χ3v) is 2.47. The number of aromatic nitrogens is 2. The Labute approximate surface area is 90.3 Å². The van der Waals surface area contributed by atoms with Gasteiger partial charge in [-0.2, -0.15) is 13.2 Å². The van der Waals surface area contributed by atoms with Crippen LogP contribution in [0.3, 0.4) is 0 Å². The fourth-order valence-electron chi connectivity index (χ4n) is 1.60. The first kappa shape index (κ1) is 11.1. The molecule has 16 heavy (non-hydrogen) atoms. The van der Waals surface area contributed by atoms with Crippen molar-refractivity contribution >= 4 is 5.95 Å². The molecule has 0 radical (unpaired) electrons. The highest BCUT2D eigenvalue weighted by Gasteiger charge is 2.32. The molecule has 0 aliphatic carbocycles. The van der Waals surface area contributed by atoms with E-state index in [0.717, 1.165) is 18.8 Å². The predicted molar refractivity (Wildman–Crippen MR) is 51.8 cm³/mol. The highest BCUT2D eigenvalue weighted by molar-refractivity contribution is 5.32. The fraction of sp³-hybridized carbons (Fsp3) is 0.556. The number of rotatable bonds is 1. The summed E-state index contributed by atoms with van der Waals surface area (Å²) >= 11 is 0. The molecule has 0 unspecified atom stereocenters. The molecule has 1 aliphatic heterocycles. The minimum atomic E-state index is -4.39. The molecule has 2 rings (SSSR count). The normalized spacial score (nSPS) is 21.5. The summed E-state index contributed by atoms with van der Waals surface area (Å²) < 4.78 is 36.7. The van der Waals surface area contributed by atoms with Gasteiger partial charge in [0.1, 0.15) is 0 Å². The molecule has 1 aromatic heterocycles. The molecule has 1 saturated heterocycles. The van der Waals surface area contributed by atoms with Gasteiger partial charge in [0.05, 0.1) is 5.56 Å². The molecule has 88 valence electrons. The Hall–Kier alpha value is -1.37. The summed E-state index contributed by atoms with van der Waals surface area (Å²) in [6.45, 7) is 1.28. The Kier molecular flexibility index (Phi) is 2.71. The van der Waals surface area contributed by atoms with Gasteiger partial charge in [-0.05, 0) is 6.42 Å². The van der Waals surface area contributed by atoms with Crippen molar-refractivity contribution in [2.45, 2.75) is 18.6 Å². The third kappa shape index (κ3) is 2.24. The average Bonchev–Trinajstić information content (AvgIpc) is 2.64. The van der Waals surface area contributed by atoms with E-state index in [1.54, 1.807) is 4.90 Å². The first-order valence-electron chi connectivity index (χ1n) is 4.86. The lowest BCUT2D eigenvalue weighted by atomic mass is 10.3. The SMILES string of the molecule is N[C@@H]1CCN(c2ncc(C(F)(F)F)cn2)C1. The number of nitrogens with two attached hydrogens (primary N) is 1. The smallest absolute Gasteiger partial charge is 0.339 e. The molecular formula is C9H11F3N4. The van der Waals surface area contributed by atoms with Gasteiger partial charge in [0, 0.05) is 31.5 Å². The molecule has 0 bridgehead atoms. The lowest BCUT2D eigenvalue weighted by Gasteiger charge is -2.15. The van der Waals surface area contributed by atoms with Crippen molar-refractivity contribution in [1.29, 1.82) is 0 Å². The van der Waals surface area contributed by atoms with E-state index in [9.17, 15) is 13.2 Å². The maximum Gasteiger partial charge on any atom is 0.419 e. The van der Waals surface area contributed by atoms with Crippen LogP contribution in [0.15, 0.2) is 12.4 Å². The van der Waals surface area contributed by atoms with Crippen LogP contribution in [0.4, 0.5) is 19.1 Å². The van der Waals surface area contributed by atoms with Crippen LogP contribution >= 0.6 is 0 Å². The summed E-state index contributed by atoms with van der Waals surface area (Å²) in [5.74, 6) is 0.306. The van der Waals surface area contributed by atoms with Crippen LogP contribution in [0.2, 0.25) is 0 Å². The summed E-state index contributed by atoms with van der Waals surface area (Å²) in [5.41, 5.74) is 4.85. The molecule has 1 aromatic rings. The zero-order chi connectivity index (χ0) is 11.8. The Morgan fingerprint density at radius 3 is 2.38 bits per heavy atom. The molecular weight excluding hydrogens is 221 g/mol. The van der Waals surface area contributed by atoms with Crippen molar-refractivity contribution in [2.24, 2.45) is 5.73 Å². The van der Waals surface area contributed by atoms with Crippen molar-refractivity contribution in [1.82, 2.24) is 9.97 Å². The topological polar surface area (TPSA) is 55.0 Å². The number of anilines is 1. The second-order valence-electron chi connectivity index (χ2n) is 3.76. The first-order valence-corrected chi connectivity index (χ1v) is 4.86. The van der Waals surface area contributed by atoms with Crippen LogP contribution in [-0.2, 0) is 6.18 Å². The van der Waals surface area contributed by atoms with Crippen molar-refractivity contribution < 1.29 is 13.2 Å². The molecule has 1 atom stereocenters. The maximum atomic E-state index is 12.2. The summed E-state index contributed by atoms with van der Waals surface area (Å²) in [6.07, 6.45) is -1.98. The monoisotopic (exact) mass is 232 g/mol. The second-order valence-corrected chi connectivity index (χ2v) is 3.76. The van der Waals surface area contributed by atoms with Crippen molar-refractivity contribution in [2.75, 3.05) is 18.0 Å². The molecule has 2 heterocycles. The van der Waals surface area contributed by atoms with Crippen LogP contribution < -0.4 is 10.6 Å². The van der Waals surface area contributed by atoms with Crippen molar-refractivity contribution in [3.63, 3.8) is 0 Å². The van der Waals surface area contributed by atoms with Gasteiger partial charge in [0.2, 0.25) is 5.95 Å². The molecule has 7 heteroatoms. The Bertz CT molecular complexity index is 362. The van der Waals surface area contributed by atoms with Gasteiger partial charge < -0.3 is 10.6 Å². The van der Waals surface area contributed by atoms with E-state index in [0.29, 0.717) is 19.0 Å². The molecule has 0 saturated carbocycles. The molecule has 1 fully saturated rings. The molecule has 4 nitrogen and oxygen atoms in total. The van der Waals surface area contributed by atoms with Gasteiger partial charge in [-0.1, -0.05) is 0 Å². The Morgan fingerprint density at radius 2 is 1.94 bits per heavy atom. The van der Waals surface area contributed by atoms with E-state index in [-0.39, 0.29) is 6.04 Å². The van der Waals surface area contributed by atoms with Gasteiger partial charge in [0.25, 0.3) is 0 Å². The van der Waals surface area contributed by atoms with Crippen LogP contribution in [-0.4, -0.2) is 29.1 Å². The van der Waals surface area contributed by atoms with Gasteiger partial charge in [-0.25, -0.2) is 9.97 Å². The molecule has 0 amide bonds. The lowest BCUT2D eigenvalue weighted by Crippen LogP contribution is -2.27. The maximum absolute atomic E-state index is 12.2. The number of alkyl halides is 3. The summed E-state index contributed by atoms with van der Waals surface area (Å²) in [4.78, 5) is 9.18. The Balaban J connectivity index is 2.14. The van der Waals surface area contributed by atoms with Crippen LogP contribution in [0, 0.1) is 0 Å². The largest absolute Gasteiger partial charge is 0.419 e. The highest BCUT2D eigenvalue weighted by atomic mass is 19.4. The number of halogens is 3. The van der Waals surface area contributed by atoms with E-state index in [1.807, 2.05) is 0 Å². The highest BCUT2D eigenvalue weighted by Crippen LogP contribution is 2.28. The van der Waals surface area contributed by atoms with Crippen molar-refractivity contribution in [3.8, 4) is 0 Å². The van der Waals surface area contributed by atoms with E-state index in [1.165, 1.54) is 0 Å². The lowest BCUT2D eigenvalue weighted by molar-refractivity contribution is -0.138. The standard InChI is InChI=1S/C9H11F3N4/c10-9(11,12)6-3-14-8(15-4-6)16-2-1-7(13)5-16/h3-4,7H,1-2,5,13H2/t7-/m1/s1. The summed E-state index contributed by atoms with van der Waals surface area (Å²) in [6, 6.07) is 0.0471. The fourth-order valence-corrected chi connectivity index (χ4v) is 1.60. The molecule has 0 spiro atoms. The molecule has 0 aromatic carbocycles. The number of hydrogen-bond acceptors (Lipinski definition) is 4. The van der Waals surface area contributed by atoms with E-state index >= 15 is 0 Å².